The Labute approximate surface area is 160 Å². The molecule has 0 aromatic rings. The summed E-state index contributed by atoms with van der Waals surface area (Å²) in [6, 6.07) is 0. The van der Waals surface area contributed by atoms with Crippen molar-refractivity contribution in [3.8, 4) is 0 Å². The lowest BCUT2D eigenvalue weighted by atomic mass is 10.0. The zero-order valence-electron chi connectivity index (χ0n) is 16.6. The zero-order valence-corrected chi connectivity index (χ0v) is 17.4. The highest BCUT2D eigenvalue weighted by Crippen LogP contribution is 2.17. The Hall–Kier alpha value is -0.280. The van der Waals surface area contributed by atoms with Crippen LogP contribution in [0.1, 0.15) is 110 Å². The van der Waals surface area contributed by atoms with Crippen molar-refractivity contribution < 1.29 is 14.6 Å². The van der Waals surface area contributed by atoms with E-state index in [2.05, 4.69) is 11.7 Å². The predicted octanol–water partition coefficient (Wildman–Crippen LogP) is 6.39. The van der Waals surface area contributed by atoms with Gasteiger partial charge in [-0.25, -0.2) is 4.79 Å². The van der Waals surface area contributed by atoms with Crippen LogP contribution in [0.4, 0.5) is 0 Å². The van der Waals surface area contributed by atoms with E-state index in [1.807, 2.05) is 0 Å². The van der Waals surface area contributed by atoms with Crippen LogP contribution in [0, 0.1) is 0 Å². The summed E-state index contributed by atoms with van der Waals surface area (Å²) < 4.78 is 4.49. The molecule has 1 N–H and O–H groups in total. The molecular formula is C21H41ClO3. The largest absolute Gasteiger partial charge is 0.467 e. The Bertz CT molecular complexity index is 297. The van der Waals surface area contributed by atoms with Gasteiger partial charge in [0.2, 0.25) is 0 Å². The number of hydrogen-bond donors (Lipinski definition) is 1. The zero-order chi connectivity index (χ0) is 18.8. The van der Waals surface area contributed by atoms with Gasteiger partial charge in [-0.05, 0) is 19.3 Å². The SMILES string of the molecule is CCCCCCCCCCCCCCCC(Cl)CCC(O)C(=O)OC. The molecule has 0 rings (SSSR count). The molecule has 0 aliphatic rings. The molecule has 25 heavy (non-hydrogen) atoms. The second-order valence-corrected chi connectivity index (χ2v) is 7.86. The quantitative estimate of drug-likeness (QED) is 0.171. The fourth-order valence-electron chi connectivity index (χ4n) is 3.12. The molecule has 3 nitrogen and oxygen atoms in total. The van der Waals surface area contributed by atoms with Crippen LogP contribution in [-0.2, 0) is 9.53 Å². The van der Waals surface area contributed by atoms with E-state index in [1.165, 1.54) is 84.2 Å². The molecule has 0 aliphatic carbocycles. The van der Waals surface area contributed by atoms with Crippen molar-refractivity contribution in [2.24, 2.45) is 0 Å². The molecule has 0 aromatic heterocycles. The molecule has 0 amide bonds. The summed E-state index contributed by atoms with van der Waals surface area (Å²) in [6.07, 6.45) is 18.5. The van der Waals surface area contributed by atoms with Crippen LogP contribution in [0.2, 0.25) is 0 Å². The third kappa shape index (κ3) is 16.9. The summed E-state index contributed by atoms with van der Waals surface area (Å²) in [5.41, 5.74) is 0. The first-order chi connectivity index (χ1) is 12.1. The highest BCUT2D eigenvalue weighted by Gasteiger charge is 2.16. The van der Waals surface area contributed by atoms with Gasteiger partial charge in [0.05, 0.1) is 7.11 Å². The van der Waals surface area contributed by atoms with Crippen molar-refractivity contribution in [3.05, 3.63) is 0 Å². The number of halogens is 1. The monoisotopic (exact) mass is 376 g/mol. The van der Waals surface area contributed by atoms with E-state index in [0.717, 1.165) is 12.8 Å². The molecule has 150 valence electrons. The predicted molar refractivity (Wildman–Crippen MR) is 107 cm³/mol. The number of methoxy groups -OCH3 is 1. The number of aliphatic hydroxyl groups is 1. The molecule has 0 bridgehead atoms. The van der Waals surface area contributed by atoms with Crippen LogP contribution in [0.5, 0.6) is 0 Å². The number of ether oxygens (including phenoxy) is 1. The third-order valence-corrected chi connectivity index (χ3v) is 5.28. The van der Waals surface area contributed by atoms with Crippen molar-refractivity contribution in [2.45, 2.75) is 121 Å². The molecule has 0 spiro atoms. The Morgan fingerprint density at radius 3 is 1.68 bits per heavy atom. The van der Waals surface area contributed by atoms with E-state index in [4.69, 9.17) is 11.6 Å². The van der Waals surface area contributed by atoms with Crippen molar-refractivity contribution >= 4 is 17.6 Å². The average Bonchev–Trinajstić information content (AvgIpc) is 2.62. The first-order valence-electron chi connectivity index (χ1n) is 10.5. The topological polar surface area (TPSA) is 46.5 Å². The van der Waals surface area contributed by atoms with Crippen LogP contribution >= 0.6 is 11.6 Å². The molecule has 0 saturated carbocycles. The molecule has 2 atom stereocenters. The fourth-order valence-corrected chi connectivity index (χ4v) is 3.40. The minimum absolute atomic E-state index is 0.0482. The van der Waals surface area contributed by atoms with Gasteiger partial charge in [-0.3, -0.25) is 0 Å². The molecular weight excluding hydrogens is 336 g/mol. The molecule has 0 heterocycles. The molecule has 0 aromatic carbocycles. The number of aliphatic hydroxyl groups excluding tert-OH is 1. The van der Waals surface area contributed by atoms with Crippen molar-refractivity contribution in [3.63, 3.8) is 0 Å². The maximum Gasteiger partial charge on any atom is 0.334 e. The van der Waals surface area contributed by atoms with E-state index in [-0.39, 0.29) is 5.38 Å². The standard InChI is InChI=1S/C21H41ClO3/c1-3-4-5-6-7-8-9-10-11-12-13-14-15-16-19(22)17-18-20(23)21(24)25-2/h19-20,23H,3-18H2,1-2H3. The molecule has 0 saturated heterocycles. The molecule has 4 heteroatoms. The van der Waals surface area contributed by atoms with Crippen molar-refractivity contribution in [2.75, 3.05) is 7.11 Å². The summed E-state index contributed by atoms with van der Waals surface area (Å²) >= 11 is 6.25. The van der Waals surface area contributed by atoms with Gasteiger partial charge in [0, 0.05) is 5.38 Å². The van der Waals surface area contributed by atoms with Gasteiger partial charge in [-0.1, -0.05) is 90.4 Å². The van der Waals surface area contributed by atoms with Gasteiger partial charge >= 0.3 is 5.97 Å². The minimum atomic E-state index is -1.03. The van der Waals surface area contributed by atoms with Crippen LogP contribution in [0.3, 0.4) is 0 Å². The Morgan fingerprint density at radius 1 is 0.800 bits per heavy atom. The number of hydrogen-bond acceptors (Lipinski definition) is 3. The van der Waals surface area contributed by atoms with Gasteiger partial charge in [-0.2, -0.15) is 0 Å². The lowest BCUT2D eigenvalue weighted by molar-refractivity contribution is -0.150. The van der Waals surface area contributed by atoms with Crippen LogP contribution in [-0.4, -0.2) is 29.7 Å². The summed E-state index contributed by atoms with van der Waals surface area (Å²) in [5.74, 6) is -0.565. The molecule has 2 unspecified atom stereocenters. The average molecular weight is 377 g/mol. The fraction of sp³-hybridized carbons (Fsp3) is 0.952. The van der Waals surface area contributed by atoms with Gasteiger partial charge in [0.1, 0.15) is 0 Å². The number of unbranched alkanes of at least 4 members (excludes halogenated alkanes) is 12. The van der Waals surface area contributed by atoms with Gasteiger partial charge in [0.15, 0.2) is 6.10 Å². The van der Waals surface area contributed by atoms with Crippen LogP contribution in [0.25, 0.3) is 0 Å². The normalized spacial score (nSPS) is 13.6. The maximum absolute atomic E-state index is 11.1. The van der Waals surface area contributed by atoms with Gasteiger partial charge in [-0.15, -0.1) is 11.6 Å². The Morgan fingerprint density at radius 2 is 1.24 bits per heavy atom. The van der Waals surface area contributed by atoms with Crippen molar-refractivity contribution in [1.29, 1.82) is 0 Å². The number of carbonyl (C=O) groups excluding carboxylic acids is 1. The van der Waals surface area contributed by atoms with E-state index in [9.17, 15) is 9.90 Å². The van der Waals surface area contributed by atoms with Crippen LogP contribution < -0.4 is 0 Å². The van der Waals surface area contributed by atoms with E-state index >= 15 is 0 Å². The van der Waals surface area contributed by atoms with E-state index < -0.39 is 12.1 Å². The molecule has 0 radical (unpaired) electrons. The first kappa shape index (κ1) is 24.7. The third-order valence-electron chi connectivity index (χ3n) is 4.85. The Balaban J connectivity index is 3.26. The van der Waals surface area contributed by atoms with E-state index in [1.54, 1.807) is 0 Å². The summed E-state index contributed by atoms with van der Waals surface area (Å²) in [7, 11) is 1.29. The van der Waals surface area contributed by atoms with Gasteiger partial charge < -0.3 is 9.84 Å². The minimum Gasteiger partial charge on any atom is -0.467 e. The number of esters is 1. The second kappa shape index (κ2) is 18.5. The van der Waals surface area contributed by atoms with Crippen LogP contribution in [0.15, 0.2) is 0 Å². The maximum atomic E-state index is 11.1. The summed E-state index contributed by atoms with van der Waals surface area (Å²) in [6.45, 7) is 2.27. The lowest BCUT2D eigenvalue weighted by Crippen LogP contribution is -2.22. The molecule has 0 fully saturated rings. The Kier molecular flexibility index (Phi) is 18.3. The van der Waals surface area contributed by atoms with Gasteiger partial charge in [0.25, 0.3) is 0 Å². The molecule has 0 aliphatic heterocycles. The highest BCUT2D eigenvalue weighted by atomic mass is 35.5. The first-order valence-corrected chi connectivity index (χ1v) is 10.9. The number of carbonyl (C=O) groups is 1. The summed E-state index contributed by atoms with van der Waals surface area (Å²) in [5, 5.41) is 9.57. The smallest absolute Gasteiger partial charge is 0.334 e. The van der Waals surface area contributed by atoms with Crippen molar-refractivity contribution in [1.82, 2.24) is 0 Å². The number of alkyl halides is 1. The number of rotatable bonds is 18. The second-order valence-electron chi connectivity index (χ2n) is 7.24. The lowest BCUT2D eigenvalue weighted by Gasteiger charge is -2.12. The van der Waals surface area contributed by atoms with E-state index in [0.29, 0.717) is 12.8 Å². The summed E-state index contributed by atoms with van der Waals surface area (Å²) in [4.78, 5) is 11.1. The highest BCUT2D eigenvalue weighted by molar-refractivity contribution is 6.20.